The number of anilines is 1. The number of rotatable bonds is 4. The van der Waals surface area contributed by atoms with Crippen LogP contribution in [0.3, 0.4) is 0 Å². The molecular formula is C23H21ClN2. The van der Waals surface area contributed by atoms with Crippen LogP contribution in [0.25, 0.3) is 10.9 Å². The molecule has 1 atom stereocenters. The van der Waals surface area contributed by atoms with E-state index in [2.05, 4.69) is 83.8 Å². The second-order valence-electron chi connectivity index (χ2n) is 6.57. The first kappa shape index (κ1) is 16.7. The van der Waals surface area contributed by atoms with Crippen LogP contribution in [0.2, 0.25) is 5.02 Å². The lowest BCUT2D eigenvalue weighted by Crippen LogP contribution is -2.03. The Morgan fingerprint density at radius 3 is 2.38 bits per heavy atom. The van der Waals surface area contributed by atoms with E-state index < -0.39 is 0 Å². The van der Waals surface area contributed by atoms with Crippen LogP contribution in [0, 0.1) is 0 Å². The van der Waals surface area contributed by atoms with Gasteiger partial charge in [-0.3, -0.25) is 0 Å². The van der Waals surface area contributed by atoms with E-state index in [0.717, 1.165) is 10.7 Å². The Morgan fingerprint density at radius 1 is 0.885 bits per heavy atom. The van der Waals surface area contributed by atoms with Crippen LogP contribution >= 0.6 is 11.6 Å². The van der Waals surface area contributed by atoms with Crippen molar-refractivity contribution in [3.63, 3.8) is 0 Å². The zero-order valence-electron chi connectivity index (χ0n) is 14.9. The van der Waals surface area contributed by atoms with E-state index in [-0.39, 0.29) is 5.92 Å². The Morgan fingerprint density at radius 2 is 1.65 bits per heavy atom. The van der Waals surface area contributed by atoms with Gasteiger partial charge in [0.25, 0.3) is 0 Å². The molecule has 0 radical (unpaired) electrons. The summed E-state index contributed by atoms with van der Waals surface area (Å²) in [6.07, 6.45) is 2.24. The van der Waals surface area contributed by atoms with E-state index in [4.69, 9.17) is 11.6 Å². The Hall–Kier alpha value is -2.71. The topological polar surface area (TPSA) is 17.0 Å². The Kier molecular flexibility index (Phi) is 4.44. The van der Waals surface area contributed by atoms with Crippen LogP contribution in [-0.4, -0.2) is 11.6 Å². The SMILES string of the molecule is CNc1ccc(C(c2cccc(Cl)c2)c2cn(C)c3ccccc23)cc1. The highest BCUT2D eigenvalue weighted by Crippen LogP contribution is 2.38. The van der Waals surface area contributed by atoms with Crippen LogP contribution in [0.15, 0.2) is 79.0 Å². The number of aromatic nitrogens is 1. The third kappa shape index (κ3) is 2.97. The molecule has 26 heavy (non-hydrogen) atoms. The lowest BCUT2D eigenvalue weighted by molar-refractivity contribution is 0.927. The van der Waals surface area contributed by atoms with Gasteiger partial charge >= 0.3 is 0 Å². The van der Waals surface area contributed by atoms with Crippen molar-refractivity contribution in [2.75, 3.05) is 12.4 Å². The highest BCUT2D eigenvalue weighted by atomic mass is 35.5. The Balaban J connectivity index is 1.95. The molecule has 130 valence electrons. The maximum Gasteiger partial charge on any atom is 0.0480 e. The predicted octanol–water partition coefficient (Wildman–Crippen LogP) is 6.05. The number of para-hydroxylation sites is 1. The first-order valence-corrected chi connectivity index (χ1v) is 9.12. The summed E-state index contributed by atoms with van der Waals surface area (Å²) in [5, 5.41) is 5.23. The van der Waals surface area contributed by atoms with Crippen molar-refractivity contribution in [3.05, 3.63) is 101 Å². The minimum atomic E-state index is 0.130. The number of nitrogens with one attached hydrogen (secondary N) is 1. The molecule has 0 aliphatic rings. The maximum atomic E-state index is 6.32. The van der Waals surface area contributed by atoms with E-state index >= 15 is 0 Å². The first-order chi connectivity index (χ1) is 12.7. The molecule has 1 heterocycles. The normalized spacial score (nSPS) is 12.3. The number of aryl methyl sites for hydroxylation is 1. The summed E-state index contributed by atoms with van der Waals surface area (Å²) >= 11 is 6.32. The average molecular weight is 361 g/mol. The quantitative estimate of drug-likeness (QED) is 0.468. The summed E-state index contributed by atoms with van der Waals surface area (Å²) in [6, 6.07) is 25.4. The highest BCUT2D eigenvalue weighted by molar-refractivity contribution is 6.30. The summed E-state index contributed by atoms with van der Waals surface area (Å²) in [4.78, 5) is 0. The molecule has 0 aliphatic carbocycles. The van der Waals surface area contributed by atoms with E-state index in [1.54, 1.807) is 0 Å². The van der Waals surface area contributed by atoms with Gasteiger partial charge in [-0.1, -0.05) is 54.1 Å². The van der Waals surface area contributed by atoms with Gasteiger partial charge in [-0.2, -0.15) is 0 Å². The van der Waals surface area contributed by atoms with Gasteiger partial charge < -0.3 is 9.88 Å². The zero-order valence-corrected chi connectivity index (χ0v) is 15.7. The third-order valence-electron chi connectivity index (χ3n) is 4.95. The molecule has 1 aromatic heterocycles. The maximum absolute atomic E-state index is 6.32. The monoisotopic (exact) mass is 360 g/mol. The fourth-order valence-corrected chi connectivity index (χ4v) is 3.88. The number of benzene rings is 3. The highest BCUT2D eigenvalue weighted by Gasteiger charge is 2.21. The summed E-state index contributed by atoms with van der Waals surface area (Å²) < 4.78 is 2.20. The average Bonchev–Trinajstić information content (AvgIpc) is 3.00. The predicted molar refractivity (Wildman–Crippen MR) is 111 cm³/mol. The van der Waals surface area contributed by atoms with Gasteiger partial charge in [0.15, 0.2) is 0 Å². The van der Waals surface area contributed by atoms with Crippen LogP contribution in [0.5, 0.6) is 0 Å². The molecule has 0 saturated carbocycles. The molecule has 1 N–H and O–H groups in total. The summed E-state index contributed by atoms with van der Waals surface area (Å²) in [5.74, 6) is 0.130. The van der Waals surface area contributed by atoms with Crippen molar-refractivity contribution in [1.29, 1.82) is 0 Å². The summed E-state index contributed by atoms with van der Waals surface area (Å²) in [5.41, 5.74) is 6.09. The van der Waals surface area contributed by atoms with Crippen molar-refractivity contribution >= 4 is 28.2 Å². The molecule has 0 bridgehead atoms. The van der Waals surface area contributed by atoms with Crippen molar-refractivity contribution in [3.8, 4) is 0 Å². The molecule has 0 amide bonds. The van der Waals surface area contributed by atoms with Crippen molar-refractivity contribution in [1.82, 2.24) is 4.57 Å². The lowest BCUT2D eigenvalue weighted by Gasteiger charge is -2.19. The van der Waals surface area contributed by atoms with Crippen molar-refractivity contribution in [2.24, 2.45) is 7.05 Å². The molecule has 4 rings (SSSR count). The molecule has 3 heteroatoms. The number of fused-ring (bicyclic) bond motifs is 1. The third-order valence-corrected chi connectivity index (χ3v) is 5.19. The molecule has 0 aliphatic heterocycles. The van der Waals surface area contributed by atoms with Gasteiger partial charge in [0.2, 0.25) is 0 Å². The second kappa shape index (κ2) is 6.89. The fourth-order valence-electron chi connectivity index (χ4n) is 3.68. The van der Waals surface area contributed by atoms with E-state index in [9.17, 15) is 0 Å². The molecule has 1 unspecified atom stereocenters. The molecule has 0 fully saturated rings. The van der Waals surface area contributed by atoms with Crippen LogP contribution in [0.1, 0.15) is 22.6 Å². The van der Waals surface area contributed by atoms with Crippen molar-refractivity contribution in [2.45, 2.75) is 5.92 Å². The molecule has 4 aromatic rings. The van der Waals surface area contributed by atoms with Gasteiger partial charge in [-0.25, -0.2) is 0 Å². The zero-order chi connectivity index (χ0) is 18.1. The van der Waals surface area contributed by atoms with E-state index in [1.807, 2.05) is 19.2 Å². The van der Waals surface area contributed by atoms with Gasteiger partial charge in [-0.15, -0.1) is 0 Å². The van der Waals surface area contributed by atoms with Gasteiger partial charge in [0.05, 0.1) is 0 Å². The van der Waals surface area contributed by atoms with Gasteiger partial charge in [0.1, 0.15) is 0 Å². The molecular weight excluding hydrogens is 340 g/mol. The van der Waals surface area contributed by atoms with Gasteiger partial charge in [-0.05, 0) is 47.0 Å². The standard InChI is InChI=1S/C23H21ClN2/c1-25-19-12-10-16(11-13-19)23(17-6-5-7-18(24)14-17)21-15-26(2)22-9-4-3-8-20(21)22/h3-15,23,25H,1-2H3. The van der Waals surface area contributed by atoms with Crippen LogP contribution in [0.4, 0.5) is 5.69 Å². The summed E-state index contributed by atoms with van der Waals surface area (Å²) in [7, 11) is 4.04. The van der Waals surface area contributed by atoms with Gasteiger partial charge in [0, 0.05) is 47.8 Å². The Labute approximate surface area is 159 Å². The minimum Gasteiger partial charge on any atom is -0.388 e. The lowest BCUT2D eigenvalue weighted by atomic mass is 9.85. The fraction of sp³-hybridized carbons (Fsp3) is 0.130. The number of hydrogen-bond donors (Lipinski definition) is 1. The van der Waals surface area contributed by atoms with Crippen LogP contribution in [-0.2, 0) is 7.05 Å². The van der Waals surface area contributed by atoms with Crippen LogP contribution < -0.4 is 5.32 Å². The summed E-state index contributed by atoms with van der Waals surface area (Å²) in [6.45, 7) is 0. The smallest absolute Gasteiger partial charge is 0.0480 e. The molecule has 0 saturated heterocycles. The van der Waals surface area contributed by atoms with E-state index in [1.165, 1.54) is 27.6 Å². The molecule has 3 aromatic carbocycles. The van der Waals surface area contributed by atoms with Crippen molar-refractivity contribution < 1.29 is 0 Å². The molecule has 0 spiro atoms. The first-order valence-electron chi connectivity index (χ1n) is 8.74. The second-order valence-corrected chi connectivity index (χ2v) is 7.01. The minimum absolute atomic E-state index is 0.130. The number of hydrogen-bond acceptors (Lipinski definition) is 1. The molecule has 2 nitrogen and oxygen atoms in total. The largest absolute Gasteiger partial charge is 0.388 e. The van der Waals surface area contributed by atoms with E-state index in [0.29, 0.717) is 0 Å². The number of nitrogens with zero attached hydrogens (tertiary/aromatic N) is 1. The Bertz CT molecular complexity index is 1050. The number of halogens is 1.